The van der Waals surface area contributed by atoms with Crippen molar-refractivity contribution >= 4 is 15.9 Å². The Bertz CT molecular complexity index is 671. The molecule has 2 rings (SSSR count). The zero-order valence-corrected chi connectivity index (χ0v) is 14.2. The van der Waals surface area contributed by atoms with Gasteiger partial charge >= 0.3 is 0 Å². The number of hydrogen-bond acceptors (Lipinski definition) is 4. The van der Waals surface area contributed by atoms with Gasteiger partial charge in [-0.2, -0.15) is 0 Å². The number of piperazine rings is 1. The average molecular weight is 343 g/mol. The topological polar surface area (TPSA) is 69.7 Å². The van der Waals surface area contributed by atoms with Crippen LogP contribution in [0.4, 0.5) is 4.39 Å². The van der Waals surface area contributed by atoms with E-state index in [2.05, 4.69) is 16.5 Å². The number of nitrogens with one attached hydrogen (secondary N) is 1. The number of halogens is 1. The lowest BCUT2D eigenvalue weighted by Gasteiger charge is -2.34. The maximum absolute atomic E-state index is 13.2. The number of aryl methyl sites for hydroxylation is 1. The van der Waals surface area contributed by atoms with Gasteiger partial charge in [-0.1, -0.05) is 6.92 Å². The van der Waals surface area contributed by atoms with Crippen molar-refractivity contribution in [1.82, 2.24) is 14.5 Å². The Hall–Kier alpha value is -1.51. The second-order valence-electron chi connectivity index (χ2n) is 5.55. The van der Waals surface area contributed by atoms with Crippen molar-refractivity contribution in [3.8, 4) is 0 Å². The van der Waals surface area contributed by atoms with Crippen molar-refractivity contribution < 1.29 is 17.6 Å². The Labute approximate surface area is 136 Å². The molecule has 0 aromatic heterocycles. The number of sulfonamides is 1. The number of rotatable bonds is 5. The number of carbonyl (C=O) groups is 1. The van der Waals surface area contributed by atoms with Crippen molar-refractivity contribution in [2.24, 2.45) is 0 Å². The average Bonchev–Trinajstić information content (AvgIpc) is 2.55. The van der Waals surface area contributed by atoms with Crippen LogP contribution in [-0.4, -0.2) is 63.4 Å². The molecule has 0 spiro atoms. The molecule has 128 valence electrons. The second kappa shape index (κ2) is 7.37. The molecule has 0 bridgehead atoms. The number of hydrogen-bond donors (Lipinski definition) is 1. The summed E-state index contributed by atoms with van der Waals surface area (Å²) in [5.41, 5.74) is 0.245. The molecule has 23 heavy (non-hydrogen) atoms. The highest BCUT2D eigenvalue weighted by atomic mass is 32.2. The fourth-order valence-electron chi connectivity index (χ4n) is 2.45. The third-order valence-corrected chi connectivity index (χ3v) is 5.42. The van der Waals surface area contributed by atoms with Gasteiger partial charge in [-0.25, -0.2) is 17.5 Å². The van der Waals surface area contributed by atoms with Crippen molar-refractivity contribution in [3.05, 3.63) is 29.6 Å². The summed E-state index contributed by atoms with van der Waals surface area (Å²) in [6.45, 7) is 7.01. The summed E-state index contributed by atoms with van der Waals surface area (Å²) in [6.07, 6.45) is 0. The number of likely N-dealkylation sites (N-methyl/N-ethyl adjacent to an activating group) is 1. The van der Waals surface area contributed by atoms with Crippen LogP contribution in [0.15, 0.2) is 23.1 Å². The molecule has 1 amide bonds. The van der Waals surface area contributed by atoms with Crippen molar-refractivity contribution in [3.63, 3.8) is 0 Å². The molecule has 1 aromatic rings. The molecule has 0 unspecified atom stereocenters. The Kier molecular flexibility index (Phi) is 5.72. The van der Waals surface area contributed by atoms with Gasteiger partial charge in [0.15, 0.2) is 0 Å². The van der Waals surface area contributed by atoms with Gasteiger partial charge in [0, 0.05) is 26.2 Å². The fourth-order valence-corrected chi connectivity index (χ4v) is 3.51. The van der Waals surface area contributed by atoms with Crippen LogP contribution in [-0.2, 0) is 14.8 Å². The van der Waals surface area contributed by atoms with Gasteiger partial charge in [0.05, 0.1) is 11.4 Å². The van der Waals surface area contributed by atoms with Crippen molar-refractivity contribution in [2.45, 2.75) is 18.7 Å². The predicted molar refractivity (Wildman–Crippen MR) is 85.0 cm³/mol. The first-order chi connectivity index (χ1) is 10.8. The first kappa shape index (κ1) is 17.8. The Morgan fingerprint density at radius 3 is 2.48 bits per heavy atom. The van der Waals surface area contributed by atoms with E-state index in [-0.39, 0.29) is 22.9 Å². The van der Waals surface area contributed by atoms with E-state index >= 15 is 0 Å². The van der Waals surface area contributed by atoms with E-state index in [9.17, 15) is 17.6 Å². The molecular formula is C15H22FN3O3S. The monoisotopic (exact) mass is 343 g/mol. The minimum Gasteiger partial charge on any atom is -0.339 e. The van der Waals surface area contributed by atoms with E-state index in [1.54, 1.807) is 4.90 Å². The van der Waals surface area contributed by atoms with Crippen LogP contribution >= 0.6 is 0 Å². The zero-order chi connectivity index (χ0) is 17.0. The predicted octanol–water partition coefficient (Wildman–Crippen LogP) is 0.577. The van der Waals surface area contributed by atoms with E-state index in [1.165, 1.54) is 19.1 Å². The third kappa shape index (κ3) is 4.49. The lowest BCUT2D eigenvalue weighted by molar-refractivity contribution is -0.131. The highest BCUT2D eigenvalue weighted by Crippen LogP contribution is 2.14. The molecule has 1 saturated heterocycles. The van der Waals surface area contributed by atoms with E-state index in [0.717, 1.165) is 25.7 Å². The van der Waals surface area contributed by atoms with Gasteiger partial charge < -0.3 is 9.80 Å². The van der Waals surface area contributed by atoms with Gasteiger partial charge in [-0.3, -0.25) is 4.79 Å². The standard InChI is InChI=1S/C15H22FN3O3S/c1-3-18-6-8-19(9-7-18)15(20)11-17-23(21,22)13-4-5-14(16)12(2)10-13/h4-5,10,17H,3,6-9,11H2,1-2H3. The third-order valence-electron chi connectivity index (χ3n) is 4.03. The Morgan fingerprint density at radius 2 is 1.91 bits per heavy atom. The quantitative estimate of drug-likeness (QED) is 0.849. The van der Waals surface area contributed by atoms with Gasteiger partial charge in [-0.15, -0.1) is 0 Å². The van der Waals surface area contributed by atoms with Gasteiger partial charge in [-0.05, 0) is 37.2 Å². The molecule has 0 saturated carbocycles. The number of nitrogens with zero attached hydrogens (tertiary/aromatic N) is 2. The highest BCUT2D eigenvalue weighted by molar-refractivity contribution is 7.89. The van der Waals surface area contributed by atoms with Crippen LogP contribution in [0.3, 0.4) is 0 Å². The van der Waals surface area contributed by atoms with Gasteiger partial charge in [0.25, 0.3) is 0 Å². The lowest BCUT2D eigenvalue weighted by atomic mass is 10.2. The molecule has 1 N–H and O–H groups in total. The molecule has 1 aliphatic heterocycles. The summed E-state index contributed by atoms with van der Waals surface area (Å²) in [5.74, 6) is -0.711. The summed E-state index contributed by atoms with van der Waals surface area (Å²) >= 11 is 0. The van der Waals surface area contributed by atoms with Crippen LogP contribution < -0.4 is 4.72 Å². The minimum atomic E-state index is -3.82. The molecule has 8 heteroatoms. The van der Waals surface area contributed by atoms with Crippen LogP contribution in [0, 0.1) is 12.7 Å². The molecule has 0 aliphatic carbocycles. The number of amides is 1. The fraction of sp³-hybridized carbons (Fsp3) is 0.533. The summed E-state index contributed by atoms with van der Waals surface area (Å²) in [7, 11) is -3.82. The normalized spacial score (nSPS) is 16.6. The Balaban J connectivity index is 1.94. The number of carbonyl (C=O) groups excluding carboxylic acids is 1. The van der Waals surface area contributed by atoms with E-state index in [4.69, 9.17) is 0 Å². The van der Waals surface area contributed by atoms with Crippen molar-refractivity contribution in [2.75, 3.05) is 39.3 Å². The van der Waals surface area contributed by atoms with E-state index < -0.39 is 15.8 Å². The molecular weight excluding hydrogens is 321 g/mol. The van der Waals surface area contributed by atoms with Crippen LogP contribution in [0.1, 0.15) is 12.5 Å². The van der Waals surface area contributed by atoms with Crippen LogP contribution in [0.5, 0.6) is 0 Å². The Morgan fingerprint density at radius 1 is 1.26 bits per heavy atom. The van der Waals surface area contributed by atoms with Crippen LogP contribution in [0.2, 0.25) is 0 Å². The highest BCUT2D eigenvalue weighted by Gasteiger charge is 2.22. The zero-order valence-electron chi connectivity index (χ0n) is 13.4. The first-order valence-corrected chi connectivity index (χ1v) is 9.07. The van der Waals surface area contributed by atoms with Crippen LogP contribution in [0.25, 0.3) is 0 Å². The summed E-state index contributed by atoms with van der Waals surface area (Å²) in [4.78, 5) is 16.0. The largest absolute Gasteiger partial charge is 0.339 e. The molecule has 0 atom stereocenters. The van der Waals surface area contributed by atoms with Gasteiger partial charge in [0.2, 0.25) is 15.9 Å². The second-order valence-corrected chi connectivity index (χ2v) is 7.32. The molecule has 1 aromatic carbocycles. The maximum Gasteiger partial charge on any atom is 0.241 e. The smallest absolute Gasteiger partial charge is 0.241 e. The molecule has 6 nitrogen and oxygen atoms in total. The molecule has 1 heterocycles. The molecule has 1 fully saturated rings. The molecule has 1 aliphatic rings. The SMILES string of the molecule is CCN1CCN(C(=O)CNS(=O)(=O)c2ccc(F)c(C)c2)CC1. The van der Waals surface area contributed by atoms with E-state index in [1.807, 2.05) is 0 Å². The van der Waals surface area contributed by atoms with Crippen molar-refractivity contribution in [1.29, 1.82) is 0 Å². The summed E-state index contributed by atoms with van der Waals surface area (Å²) < 4.78 is 39.9. The van der Waals surface area contributed by atoms with Gasteiger partial charge in [0.1, 0.15) is 5.82 Å². The maximum atomic E-state index is 13.2. The molecule has 0 radical (unpaired) electrons. The first-order valence-electron chi connectivity index (χ1n) is 7.59. The summed E-state index contributed by atoms with van der Waals surface area (Å²) in [6, 6.07) is 3.55. The van der Waals surface area contributed by atoms with E-state index in [0.29, 0.717) is 13.1 Å². The summed E-state index contributed by atoms with van der Waals surface area (Å²) in [5, 5.41) is 0. The number of benzene rings is 1. The minimum absolute atomic E-state index is 0.0417. The lowest BCUT2D eigenvalue weighted by Crippen LogP contribution is -2.51.